The first kappa shape index (κ1) is 18.7. The van der Waals surface area contributed by atoms with Crippen molar-refractivity contribution in [2.24, 2.45) is 0 Å². The fourth-order valence-electron chi connectivity index (χ4n) is 3.07. The zero-order valence-corrected chi connectivity index (χ0v) is 16.6. The first-order chi connectivity index (χ1) is 13.7. The number of nitriles is 1. The number of thioether (sulfide) groups is 1. The van der Waals surface area contributed by atoms with Gasteiger partial charge in [-0.05, 0) is 43.4 Å². The number of pyridine rings is 1. The van der Waals surface area contributed by atoms with Crippen molar-refractivity contribution in [3.8, 4) is 17.5 Å². The van der Waals surface area contributed by atoms with Crippen LogP contribution in [0.3, 0.4) is 0 Å². The van der Waals surface area contributed by atoms with Gasteiger partial charge in [0.25, 0.3) is 5.22 Å². The van der Waals surface area contributed by atoms with Gasteiger partial charge in [0, 0.05) is 35.0 Å². The Morgan fingerprint density at radius 3 is 2.93 bits per heavy atom. The second-order valence-electron chi connectivity index (χ2n) is 6.28. The number of nitrogens with one attached hydrogen (secondary N) is 1. The third-order valence-corrected chi connectivity index (χ3v) is 6.45. The molecule has 28 heavy (non-hydrogen) atoms. The molecule has 4 rings (SSSR count). The first-order valence-electron chi connectivity index (χ1n) is 8.96. The maximum Gasteiger partial charge on any atom is 0.276 e. The van der Waals surface area contributed by atoms with E-state index >= 15 is 0 Å². The third kappa shape index (κ3) is 4.08. The predicted octanol–water partition coefficient (Wildman–Crippen LogP) is 4.06. The molecule has 1 aliphatic rings. The number of hydrogen-bond donors (Lipinski definition) is 1. The second kappa shape index (κ2) is 8.54. The molecule has 142 valence electrons. The number of thiophene rings is 1. The Hall–Kier alpha value is -2.70. The molecule has 0 atom stereocenters. The van der Waals surface area contributed by atoms with Gasteiger partial charge in [-0.3, -0.25) is 9.78 Å². The van der Waals surface area contributed by atoms with Gasteiger partial charge < -0.3 is 9.73 Å². The lowest BCUT2D eigenvalue weighted by Gasteiger charge is -2.09. The minimum atomic E-state index is -0.114. The largest absolute Gasteiger partial charge is 0.411 e. The molecule has 0 aromatic carbocycles. The van der Waals surface area contributed by atoms with E-state index in [1.165, 1.54) is 28.0 Å². The van der Waals surface area contributed by atoms with Crippen LogP contribution >= 0.6 is 23.1 Å². The van der Waals surface area contributed by atoms with Gasteiger partial charge in [0.15, 0.2) is 0 Å². The van der Waals surface area contributed by atoms with E-state index in [1.807, 2.05) is 0 Å². The van der Waals surface area contributed by atoms with E-state index in [0.717, 1.165) is 36.8 Å². The van der Waals surface area contributed by atoms with Crippen LogP contribution in [0.15, 0.2) is 34.2 Å². The molecule has 1 aliphatic carbocycles. The number of hydrogen-bond acceptors (Lipinski definition) is 8. The number of aryl methyl sites for hydroxylation is 1. The molecule has 1 amide bonds. The van der Waals surface area contributed by atoms with Crippen LogP contribution < -0.4 is 5.32 Å². The zero-order chi connectivity index (χ0) is 19.3. The van der Waals surface area contributed by atoms with Crippen LogP contribution in [-0.2, 0) is 17.6 Å². The number of aromatic nitrogens is 3. The minimum Gasteiger partial charge on any atom is -0.411 e. The summed E-state index contributed by atoms with van der Waals surface area (Å²) >= 11 is 2.87. The first-order valence-corrected chi connectivity index (χ1v) is 10.8. The van der Waals surface area contributed by atoms with Crippen molar-refractivity contribution in [3.05, 3.63) is 40.5 Å². The minimum absolute atomic E-state index is 0.114. The lowest BCUT2D eigenvalue weighted by Crippen LogP contribution is -2.12. The van der Waals surface area contributed by atoms with Crippen LogP contribution in [0.5, 0.6) is 0 Å². The van der Waals surface area contributed by atoms with Gasteiger partial charge in [-0.2, -0.15) is 5.26 Å². The Bertz CT molecular complexity index is 1020. The van der Waals surface area contributed by atoms with Crippen LogP contribution in [0.25, 0.3) is 11.5 Å². The standard InChI is InChI=1S/C19H17N5O2S2/c20-11-14-13-3-1-2-4-15(13)28-18(14)22-16(25)7-10-27-19-24-23-17(26-19)12-5-8-21-9-6-12/h5-6,8-9H,1-4,7,10H2,(H,22,25). The number of carbonyl (C=O) groups is 1. The van der Waals surface area contributed by atoms with Gasteiger partial charge >= 0.3 is 0 Å². The van der Waals surface area contributed by atoms with E-state index in [1.54, 1.807) is 24.5 Å². The van der Waals surface area contributed by atoms with Crippen LogP contribution in [0, 0.1) is 11.3 Å². The Morgan fingerprint density at radius 2 is 2.11 bits per heavy atom. The topological polar surface area (TPSA) is 105 Å². The maximum atomic E-state index is 12.3. The molecular formula is C19H17N5O2S2. The van der Waals surface area contributed by atoms with Crippen molar-refractivity contribution < 1.29 is 9.21 Å². The maximum absolute atomic E-state index is 12.3. The molecule has 3 aromatic heterocycles. The van der Waals surface area contributed by atoms with Crippen LogP contribution in [0.1, 0.15) is 35.3 Å². The summed E-state index contributed by atoms with van der Waals surface area (Å²) in [5.41, 5.74) is 2.57. The summed E-state index contributed by atoms with van der Waals surface area (Å²) in [6.07, 6.45) is 7.80. The molecule has 9 heteroatoms. The number of fused-ring (bicyclic) bond motifs is 1. The number of anilines is 1. The summed E-state index contributed by atoms with van der Waals surface area (Å²) in [5.74, 6) is 0.824. The van der Waals surface area contributed by atoms with Crippen molar-refractivity contribution >= 4 is 34.0 Å². The van der Waals surface area contributed by atoms with Gasteiger partial charge in [-0.25, -0.2) is 0 Å². The van der Waals surface area contributed by atoms with E-state index in [9.17, 15) is 10.1 Å². The molecule has 3 heterocycles. The van der Waals surface area contributed by atoms with Crippen LogP contribution in [0.4, 0.5) is 5.00 Å². The van der Waals surface area contributed by atoms with Crippen molar-refractivity contribution in [3.63, 3.8) is 0 Å². The summed E-state index contributed by atoms with van der Waals surface area (Å²) in [7, 11) is 0. The highest BCUT2D eigenvalue weighted by Crippen LogP contribution is 2.37. The van der Waals surface area contributed by atoms with Crippen molar-refractivity contribution in [2.75, 3.05) is 11.1 Å². The van der Waals surface area contributed by atoms with Gasteiger partial charge in [-0.15, -0.1) is 21.5 Å². The fraction of sp³-hybridized carbons (Fsp3) is 0.316. The van der Waals surface area contributed by atoms with E-state index in [2.05, 4.69) is 26.6 Å². The molecule has 3 aromatic rings. The van der Waals surface area contributed by atoms with Crippen molar-refractivity contribution in [1.29, 1.82) is 5.26 Å². The van der Waals surface area contributed by atoms with E-state index in [0.29, 0.717) is 33.9 Å². The molecule has 0 saturated carbocycles. The number of rotatable bonds is 6. The zero-order valence-electron chi connectivity index (χ0n) is 15.0. The summed E-state index contributed by atoms with van der Waals surface area (Å²) < 4.78 is 5.60. The average Bonchev–Trinajstić information content (AvgIpc) is 3.32. The molecule has 0 aliphatic heterocycles. The smallest absolute Gasteiger partial charge is 0.276 e. The van der Waals surface area contributed by atoms with Gasteiger partial charge in [0.05, 0.1) is 5.56 Å². The lowest BCUT2D eigenvalue weighted by atomic mass is 9.96. The third-order valence-electron chi connectivity index (χ3n) is 4.42. The van der Waals surface area contributed by atoms with Gasteiger partial charge in [0.1, 0.15) is 11.1 Å². The number of carbonyl (C=O) groups excluding carboxylic acids is 1. The molecule has 0 bridgehead atoms. The molecular weight excluding hydrogens is 394 g/mol. The lowest BCUT2D eigenvalue weighted by molar-refractivity contribution is -0.115. The van der Waals surface area contributed by atoms with Gasteiger partial charge in [-0.1, -0.05) is 11.8 Å². The molecule has 0 radical (unpaired) electrons. The average molecular weight is 412 g/mol. The number of amides is 1. The van der Waals surface area contributed by atoms with E-state index < -0.39 is 0 Å². The van der Waals surface area contributed by atoms with Crippen molar-refractivity contribution in [2.45, 2.75) is 37.3 Å². The van der Waals surface area contributed by atoms with Crippen LogP contribution in [-0.4, -0.2) is 26.8 Å². The highest BCUT2D eigenvalue weighted by Gasteiger charge is 2.21. The Kier molecular flexibility index (Phi) is 5.69. The highest BCUT2D eigenvalue weighted by atomic mass is 32.2. The molecule has 0 unspecified atom stereocenters. The summed E-state index contributed by atoms with van der Waals surface area (Å²) in [4.78, 5) is 17.5. The fourth-order valence-corrected chi connectivity index (χ4v) is 5.03. The van der Waals surface area contributed by atoms with Gasteiger partial charge in [0.2, 0.25) is 11.8 Å². The quantitative estimate of drug-likeness (QED) is 0.610. The molecule has 0 fully saturated rings. The second-order valence-corrected chi connectivity index (χ2v) is 8.43. The summed E-state index contributed by atoms with van der Waals surface area (Å²) in [6, 6.07) is 5.85. The predicted molar refractivity (Wildman–Crippen MR) is 107 cm³/mol. The summed E-state index contributed by atoms with van der Waals surface area (Å²) in [5, 5.41) is 21.5. The molecule has 0 spiro atoms. The molecule has 0 saturated heterocycles. The Morgan fingerprint density at radius 1 is 1.29 bits per heavy atom. The normalized spacial score (nSPS) is 13.0. The van der Waals surface area contributed by atoms with E-state index in [4.69, 9.17) is 4.42 Å². The SMILES string of the molecule is N#Cc1c(NC(=O)CCSc2nnc(-c3ccncc3)o2)sc2c1CCCC2. The van der Waals surface area contributed by atoms with Crippen molar-refractivity contribution in [1.82, 2.24) is 15.2 Å². The monoisotopic (exact) mass is 411 g/mol. The van der Waals surface area contributed by atoms with E-state index in [-0.39, 0.29) is 5.91 Å². The Balaban J connectivity index is 1.32. The Labute approximate surface area is 170 Å². The molecule has 1 N–H and O–H groups in total. The number of nitrogens with zero attached hydrogens (tertiary/aromatic N) is 4. The summed E-state index contributed by atoms with van der Waals surface area (Å²) in [6.45, 7) is 0. The highest BCUT2D eigenvalue weighted by molar-refractivity contribution is 7.99. The van der Waals surface area contributed by atoms with Crippen LogP contribution in [0.2, 0.25) is 0 Å². The molecule has 7 nitrogen and oxygen atoms in total.